The van der Waals surface area contributed by atoms with Crippen molar-refractivity contribution in [1.82, 2.24) is 14.1 Å². The SMILES string of the molecule is COc1ccc(S(=O)(=O)N2CCC3(CCN(c4ccc([N+]5([C@H]6CCNC6)CCC[C@@H]5C)cc4C(F)(F)F)C3=O)CC2)cc1. The van der Waals surface area contributed by atoms with Crippen LogP contribution in [0.25, 0.3) is 0 Å². The van der Waals surface area contributed by atoms with Crippen molar-refractivity contribution in [3.05, 3.63) is 48.0 Å². The summed E-state index contributed by atoms with van der Waals surface area (Å²) in [7, 11) is -2.27. The lowest BCUT2D eigenvalue weighted by molar-refractivity contribution is -0.137. The lowest BCUT2D eigenvalue weighted by Gasteiger charge is -2.43. The number of piperidine rings is 1. The first kappa shape index (κ1) is 30.4. The molecule has 0 aliphatic carbocycles. The maximum atomic E-state index is 14.7. The van der Waals surface area contributed by atoms with E-state index >= 15 is 0 Å². The maximum Gasteiger partial charge on any atom is 0.418 e. The molecule has 0 aromatic heterocycles. The van der Waals surface area contributed by atoms with Gasteiger partial charge in [0.2, 0.25) is 15.9 Å². The van der Waals surface area contributed by atoms with E-state index in [4.69, 9.17) is 4.74 Å². The second kappa shape index (κ2) is 11.0. The first-order valence-corrected chi connectivity index (χ1v) is 16.6. The zero-order chi connectivity index (χ0) is 30.6. The van der Waals surface area contributed by atoms with Gasteiger partial charge in [-0.3, -0.25) is 9.28 Å². The molecule has 2 aromatic carbocycles. The summed E-state index contributed by atoms with van der Waals surface area (Å²) in [6, 6.07) is 11.2. The molecule has 0 bridgehead atoms. The zero-order valence-corrected chi connectivity index (χ0v) is 25.5. The van der Waals surface area contributed by atoms with Gasteiger partial charge >= 0.3 is 6.18 Å². The van der Waals surface area contributed by atoms with Crippen LogP contribution >= 0.6 is 0 Å². The Labute approximate surface area is 251 Å². The second-order valence-corrected chi connectivity index (χ2v) is 14.5. The molecule has 234 valence electrons. The minimum Gasteiger partial charge on any atom is -0.497 e. The predicted octanol–water partition coefficient (Wildman–Crippen LogP) is 4.77. The first-order chi connectivity index (χ1) is 20.4. The number of alkyl halides is 3. The molecule has 2 aromatic rings. The number of halogens is 3. The Morgan fingerprint density at radius 2 is 1.72 bits per heavy atom. The van der Waals surface area contributed by atoms with E-state index in [2.05, 4.69) is 12.2 Å². The van der Waals surface area contributed by atoms with E-state index in [-0.39, 0.29) is 61.0 Å². The van der Waals surface area contributed by atoms with E-state index in [0.717, 1.165) is 38.9 Å². The van der Waals surface area contributed by atoms with Gasteiger partial charge < -0.3 is 15.0 Å². The predicted molar refractivity (Wildman–Crippen MR) is 158 cm³/mol. The molecule has 4 aliphatic heterocycles. The highest BCUT2D eigenvalue weighted by Gasteiger charge is 2.53. The molecule has 0 radical (unpaired) electrons. The molecule has 6 rings (SSSR count). The number of sulfonamides is 1. The van der Waals surface area contributed by atoms with E-state index < -0.39 is 27.2 Å². The van der Waals surface area contributed by atoms with Crippen LogP contribution in [0.5, 0.6) is 5.75 Å². The van der Waals surface area contributed by atoms with Gasteiger partial charge in [-0.2, -0.15) is 17.5 Å². The molecule has 3 atom stereocenters. The third kappa shape index (κ3) is 5.04. The molecular formula is C31H40F3N4O4S+. The van der Waals surface area contributed by atoms with Crippen LogP contribution in [0, 0.1) is 5.41 Å². The molecule has 1 unspecified atom stereocenters. The Kier molecular flexibility index (Phi) is 7.80. The first-order valence-electron chi connectivity index (χ1n) is 15.2. The average molecular weight is 622 g/mol. The minimum atomic E-state index is -4.63. The Morgan fingerprint density at radius 3 is 2.30 bits per heavy atom. The second-order valence-electron chi connectivity index (χ2n) is 12.6. The molecule has 12 heteroatoms. The van der Waals surface area contributed by atoms with E-state index in [1.165, 1.54) is 40.6 Å². The fraction of sp³-hybridized carbons (Fsp3) is 0.581. The highest BCUT2D eigenvalue weighted by molar-refractivity contribution is 7.89. The van der Waals surface area contributed by atoms with Gasteiger partial charge in [-0.05, 0) is 56.5 Å². The summed E-state index contributed by atoms with van der Waals surface area (Å²) in [6.45, 7) is 5.04. The topological polar surface area (TPSA) is 79.0 Å². The van der Waals surface area contributed by atoms with Crippen molar-refractivity contribution in [3.8, 4) is 5.75 Å². The van der Waals surface area contributed by atoms with Gasteiger partial charge in [-0.25, -0.2) is 8.42 Å². The summed E-state index contributed by atoms with van der Waals surface area (Å²) >= 11 is 0. The lowest BCUT2D eigenvalue weighted by Crippen LogP contribution is -2.59. The van der Waals surface area contributed by atoms with Crippen LogP contribution in [0.2, 0.25) is 0 Å². The largest absolute Gasteiger partial charge is 0.497 e. The highest BCUT2D eigenvalue weighted by Crippen LogP contribution is 2.49. The van der Waals surface area contributed by atoms with Gasteiger partial charge in [0.15, 0.2) is 0 Å². The summed E-state index contributed by atoms with van der Waals surface area (Å²) in [6.07, 6.45) is -0.834. The van der Waals surface area contributed by atoms with Crippen molar-refractivity contribution in [2.45, 2.75) is 68.6 Å². The Bertz CT molecular complexity index is 1470. The number of methoxy groups -OCH3 is 1. The number of ether oxygens (including phenoxy) is 1. The zero-order valence-electron chi connectivity index (χ0n) is 24.7. The quantitative estimate of drug-likeness (QED) is 0.471. The molecular weight excluding hydrogens is 581 g/mol. The van der Waals surface area contributed by atoms with Crippen molar-refractivity contribution in [1.29, 1.82) is 0 Å². The minimum absolute atomic E-state index is 0.0963. The number of benzene rings is 2. The Morgan fingerprint density at radius 1 is 1.02 bits per heavy atom. The molecule has 0 saturated carbocycles. The standard InChI is InChI=1S/C31H40F3N4O4S/c1-22-4-3-19-38(22,24-11-15-35-21-24)23-5-10-28(27(20-23)31(32,33)34)37-18-14-30(29(37)39)12-16-36(17-13-30)43(40,41)26-8-6-25(42-2)7-9-26/h5-10,20,22,24,35H,3-4,11-19,21H2,1-2H3/q+1/t22-,24-,38?/m0/s1. The fourth-order valence-corrected chi connectivity index (χ4v) is 9.52. The summed E-state index contributed by atoms with van der Waals surface area (Å²) < 4.78 is 77.6. The molecule has 4 saturated heterocycles. The van der Waals surface area contributed by atoms with Gasteiger partial charge in [-0.1, -0.05) is 0 Å². The van der Waals surface area contributed by atoms with E-state index in [0.29, 0.717) is 22.3 Å². The molecule has 1 N–H and O–H groups in total. The van der Waals surface area contributed by atoms with Crippen molar-refractivity contribution in [2.24, 2.45) is 5.41 Å². The number of hydrogen-bond acceptors (Lipinski definition) is 5. The summed E-state index contributed by atoms with van der Waals surface area (Å²) in [4.78, 5) is 15.3. The molecule has 1 spiro atoms. The average Bonchev–Trinajstić information content (AvgIpc) is 3.74. The van der Waals surface area contributed by atoms with Crippen LogP contribution in [0.15, 0.2) is 47.4 Å². The van der Waals surface area contributed by atoms with E-state index in [1.54, 1.807) is 12.1 Å². The number of rotatable bonds is 6. The fourth-order valence-electron chi connectivity index (χ4n) is 8.08. The van der Waals surface area contributed by atoms with Gasteiger partial charge in [0.25, 0.3) is 0 Å². The van der Waals surface area contributed by atoms with Crippen LogP contribution in [0.1, 0.15) is 51.0 Å². The number of amides is 1. The molecule has 8 nitrogen and oxygen atoms in total. The summed E-state index contributed by atoms with van der Waals surface area (Å²) in [5.74, 6) is 0.201. The molecule has 4 fully saturated rings. The molecule has 4 aliphatic rings. The van der Waals surface area contributed by atoms with Crippen LogP contribution in [-0.4, -0.2) is 77.1 Å². The number of nitrogens with zero attached hydrogens (tertiary/aromatic N) is 3. The van der Waals surface area contributed by atoms with Gasteiger partial charge in [-0.15, -0.1) is 0 Å². The van der Waals surface area contributed by atoms with Gasteiger partial charge in [0.1, 0.15) is 17.5 Å². The molecule has 1 amide bonds. The number of quaternary nitrogens is 1. The summed E-state index contributed by atoms with van der Waals surface area (Å²) in [5, 5.41) is 3.39. The third-order valence-electron chi connectivity index (χ3n) is 10.6. The van der Waals surface area contributed by atoms with Crippen LogP contribution in [0.3, 0.4) is 0 Å². The van der Waals surface area contributed by atoms with Crippen molar-refractivity contribution in [2.75, 3.05) is 51.3 Å². The van der Waals surface area contributed by atoms with Crippen molar-refractivity contribution < 1.29 is 31.1 Å². The smallest absolute Gasteiger partial charge is 0.418 e. The van der Waals surface area contributed by atoms with Crippen molar-refractivity contribution in [3.63, 3.8) is 0 Å². The van der Waals surface area contributed by atoms with Gasteiger partial charge in [0, 0.05) is 64.1 Å². The number of carbonyl (C=O) groups excluding carboxylic acids is 1. The lowest BCUT2D eigenvalue weighted by atomic mass is 9.77. The van der Waals surface area contributed by atoms with Crippen LogP contribution in [-0.2, 0) is 21.0 Å². The summed E-state index contributed by atoms with van der Waals surface area (Å²) in [5.41, 5.74) is -1.06. The number of carbonyl (C=O) groups is 1. The molecule has 4 heterocycles. The van der Waals surface area contributed by atoms with E-state index in [9.17, 15) is 26.4 Å². The third-order valence-corrected chi connectivity index (χ3v) is 12.5. The van der Waals surface area contributed by atoms with E-state index in [1.807, 2.05) is 6.07 Å². The van der Waals surface area contributed by atoms with Crippen LogP contribution < -0.4 is 19.4 Å². The Balaban J connectivity index is 1.25. The monoisotopic (exact) mass is 621 g/mol. The maximum absolute atomic E-state index is 14.7. The van der Waals surface area contributed by atoms with Crippen molar-refractivity contribution >= 4 is 27.3 Å². The van der Waals surface area contributed by atoms with Gasteiger partial charge in [0.05, 0.1) is 41.3 Å². The normalized spacial score (nSPS) is 28.2. The Hall–Kier alpha value is -2.67. The number of nitrogens with one attached hydrogen (secondary N) is 1. The number of hydrogen-bond donors (Lipinski definition) is 1. The highest BCUT2D eigenvalue weighted by atomic mass is 32.2. The molecule has 43 heavy (non-hydrogen) atoms. The van der Waals surface area contributed by atoms with Crippen LogP contribution in [0.4, 0.5) is 24.5 Å². The number of likely N-dealkylation sites (tertiary alicyclic amines) is 1. The number of anilines is 1.